The van der Waals surface area contributed by atoms with Crippen LogP contribution < -0.4 is 21.1 Å². The number of carbonyl (C=O) groups excluding carboxylic acids is 2. The van der Waals surface area contributed by atoms with Crippen molar-refractivity contribution in [3.05, 3.63) is 24.3 Å². The van der Waals surface area contributed by atoms with Crippen LogP contribution in [0.2, 0.25) is 0 Å². The van der Waals surface area contributed by atoms with Crippen LogP contribution in [0, 0.1) is 5.92 Å². The molecule has 0 saturated carbocycles. The lowest BCUT2D eigenvalue weighted by atomic mass is 10.0. The van der Waals surface area contributed by atoms with E-state index in [1.54, 1.807) is 31.3 Å². The molecule has 4 N–H and O–H groups in total. The molecule has 0 unspecified atom stereocenters. The summed E-state index contributed by atoms with van der Waals surface area (Å²) in [6.07, 6.45) is 0.638. The smallest absolute Gasteiger partial charge is 0.257 e. The van der Waals surface area contributed by atoms with Gasteiger partial charge in [-0.25, -0.2) is 0 Å². The number of carbonyl (C=O) groups is 2. The Hall–Kier alpha value is -2.08. The van der Waals surface area contributed by atoms with Crippen LogP contribution in [0.25, 0.3) is 0 Å². The molecule has 2 amide bonds. The maximum Gasteiger partial charge on any atom is 0.257 e. The highest BCUT2D eigenvalue weighted by Gasteiger charge is 2.14. The molecule has 0 aliphatic heterocycles. The topological polar surface area (TPSA) is 93.5 Å². The fourth-order valence-corrected chi connectivity index (χ4v) is 1.71. The molecule has 0 bridgehead atoms. The summed E-state index contributed by atoms with van der Waals surface area (Å²) in [5.74, 6) is 0.518. The fraction of sp³-hybridized carbons (Fsp3) is 0.467. The predicted octanol–water partition coefficient (Wildman–Crippen LogP) is 1.12. The Morgan fingerprint density at radius 3 is 2.38 bits per heavy atom. The minimum absolute atomic E-state index is 0.0402. The molecule has 1 aromatic carbocycles. The third-order valence-electron chi connectivity index (χ3n) is 2.83. The van der Waals surface area contributed by atoms with Gasteiger partial charge in [0.15, 0.2) is 6.61 Å². The van der Waals surface area contributed by atoms with E-state index >= 15 is 0 Å². The molecule has 0 aliphatic carbocycles. The SMILES string of the molecule is CNC(=O)COc1ccc(NC(=O)[C@@H](N)CC(C)C)cc1. The molecule has 0 spiro atoms. The molecular weight excluding hydrogens is 270 g/mol. The lowest BCUT2D eigenvalue weighted by molar-refractivity contribution is -0.122. The zero-order valence-corrected chi connectivity index (χ0v) is 12.7. The summed E-state index contributed by atoms with van der Waals surface area (Å²) in [5.41, 5.74) is 6.46. The Kier molecular flexibility index (Phi) is 6.68. The summed E-state index contributed by atoms with van der Waals surface area (Å²) in [7, 11) is 1.55. The first-order chi connectivity index (χ1) is 9.92. The van der Waals surface area contributed by atoms with Crippen molar-refractivity contribution in [3.8, 4) is 5.75 Å². The van der Waals surface area contributed by atoms with Gasteiger partial charge in [-0.15, -0.1) is 0 Å². The number of anilines is 1. The van der Waals surface area contributed by atoms with Crippen molar-refractivity contribution in [2.45, 2.75) is 26.3 Å². The number of rotatable bonds is 7. The Bertz CT molecular complexity index is 472. The van der Waals surface area contributed by atoms with Crippen LogP contribution in [0.15, 0.2) is 24.3 Å². The van der Waals surface area contributed by atoms with Crippen molar-refractivity contribution < 1.29 is 14.3 Å². The van der Waals surface area contributed by atoms with Gasteiger partial charge in [0.25, 0.3) is 5.91 Å². The van der Waals surface area contributed by atoms with E-state index in [4.69, 9.17) is 10.5 Å². The van der Waals surface area contributed by atoms with Gasteiger partial charge in [0.1, 0.15) is 5.75 Å². The van der Waals surface area contributed by atoms with Crippen LogP contribution >= 0.6 is 0 Å². The average molecular weight is 293 g/mol. The molecule has 0 aromatic heterocycles. The molecule has 6 heteroatoms. The zero-order chi connectivity index (χ0) is 15.8. The molecule has 0 aliphatic rings. The lowest BCUT2D eigenvalue weighted by Gasteiger charge is -2.14. The number of hydrogen-bond donors (Lipinski definition) is 3. The number of ether oxygens (including phenoxy) is 1. The molecular formula is C15H23N3O3. The molecule has 21 heavy (non-hydrogen) atoms. The first-order valence-electron chi connectivity index (χ1n) is 6.92. The van der Waals surface area contributed by atoms with Gasteiger partial charge < -0.3 is 21.1 Å². The Labute approximate surface area is 125 Å². The molecule has 1 atom stereocenters. The first kappa shape index (κ1) is 17.0. The van der Waals surface area contributed by atoms with Crippen LogP contribution in [0.1, 0.15) is 20.3 Å². The van der Waals surface area contributed by atoms with Crippen molar-refractivity contribution in [2.24, 2.45) is 11.7 Å². The second kappa shape index (κ2) is 8.26. The van der Waals surface area contributed by atoms with Crippen LogP contribution in [-0.2, 0) is 9.59 Å². The molecule has 1 rings (SSSR count). The van der Waals surface area contributed by atoms with Crippen molar-refractivity contribution in [1.29, 1.82) is 0 Å². The van der Waals surface area contributed by atoms with E-state index in [9.17, 15) is 9.59 Å². The number of benzene rings is 1. The summed E-state index contributed by atoms with van der Waals surface area (Å²) in [4.78, 5) is 22.9. The minimum Gasteiger partial charge on any atom is -0.484 e. The van der Waals surface area contributed by atoms with E-state index in [0.29, 0.717) is 23.8 Å². The van der Waals surface area contributed by atoms with Gasteiger partial charge in [0.05, 0.1) is 6.04 Å². The first-order valence-corrected chi connectivity index (χ1v) is 6.92. The zero-order valence-electron chi connectivity index (χ0n) is 12.7. The van der Waals surface area contributed by atoms with Crippen LogP contribution in [-0.4, -0.2) is 31.5 Å². The van der Waals surface area contributed by atoms with Gasteiger partial charge in [-0.3, -0.25) is 9.59 Å². The van der Waals surface area contributed by atoms with Crippen LogP contribution in [0.4, 0.5) is 5.69 Å². The van der Waals surface area contributed by atoms with E-state index in [1.165, 1.54) is 0 Å². The highest BCUT2D eigenvalue weighted by molar-refractivity contribution is 5.94. The number of nitrogens with one attached hydrogen (secondary N) is 2. The van der Waals surface area contributed by atoms with Gasteiger partial charge in [-0.05, 0) is 36.6 Å². The van der Waals surface area contributed by atoms with E-state index < -0.39 is 6.04 Å². The number of amides is 2. The summed E-state index contributed by atoms with van der Waals surface area (Å²) in [6.45, 7) is 4.00. The summed E-state index contributed by atoms with van der Waals surface area (Å²) in [6, 6.07) is 6.27. The van der Waals surface area contributed by atoms with Crippen molar-refractivity contribution in [1.82, 2.24) is 5.32 Å². The highest BCUT2D eigenvalue weighted by Crippen LogP contribution is 2.16. The van der Waals surface area contributed by atoms with E-state index in [1.807, 2.05) is 13.8 Å². The standard InChI is InChI=1S/C15H23N3O3/c1-10(2)8-13(16)15(20)18-11-4-6-12(7-5-11)21-9-14(19)17-3/h4-7,10,13H,8-9,16H2,1-3H3,(H,17,19)(H,18,20)/t13-/m0/s1. The Balaban J connectivity index is 2.50. The van der Waals surface area contributed by atoms with Crippen molar-refractivity contribution in [2.75, 3.05) is 19.0 Å². The summed E-state index contributed by atoms with van der Waals surface area (Å²) in [5, 5.41) is 5.22. The van der Waals surface area contributed by atoms with Crippen molar-refractivity contribution in [3.63, 3.8) is 0 Å². The normalized spacial score (nSPS) is 11.9. The summed E-state index contributed by atoms with van der Waals surface area (Å²) < 4.78 is 5.27. The summed E-state index contributed by atoms with van der Waals surface area (Å²) >= 11 is 0. The van der Waals surface area contributed by atoms with E-state index in [-0.39, 0.29) is 18.4 Å². The third-order valence-corrected chi connectivity index (χ3v) is 2.83. The van der Waals surface area contributed by atoms with E-state index in [2.05, 4.69) is 10.6 Å². The monoisotopic (exact) mass is 293 g/mol. The highest BCUT2D eigenvalue weighted by atomic mass is 16.5. The van der Waals surface area contributed by atoms with Gasteiger partial charge >= 0.3 is 0 Å². The van der Waals surface area contributed by atoms with Crippen molar-refractivity contribution >= 4 is 17.5 Å². The quantitative estimate of drug-likeness (QED) is 0.702. The number of nitrogens with two attached hydrogens (primary N) is 1. The van der Waals surface area contributed by atoms with Gasteiger partial charge in [-0.2, -0.15) is 0 Å². The molecule has 0 saturated heterocycles. The number of hydrogen-bond acceptors (Lipinski definition) is 4. The van der Waals surface area contributed by atoms with Gasteiger partial charge in [0, 0.05) is 12.7 Å². The molecule has 6 nitrogen and oxygen atoms in total. The Morgan fingerprint density at radius 1 is 1.24 bits per heavy atom. The molecule has 0 radical (unpaired) electrons. The van der Waals surface area contributed by atoms with Gasteiger partial charge in [0.2, 0.25) is 5.91 Å². The minimum atomic E-state index is -0.519. The second-order valence-corrected chi connectivity index (χ2v) is 5.21. The largest absolute Gasteiger partial charge is 0.484 e. The maximum atomic E-state index is 11.9. The second-order valence-electron chi connectivity index (χ2n) is 5.21. The lowest BCUT2D eigenvalue weighted by Crippen LogP contribution is -2.36. The van der Waals surface area contributed by atoms with Crippen LogP contribution in [0.3, 0.4) is 0 Å². The molecule has 1 aromatic rings. The molecule has 0 heterocycles. The fourth-order valence-electron chi connectivity index (χ4n) is 1.71. The van der Waals surface area contributed by atoms with E-state index in [0.717, 1.165) is 0 Å². The Morgan fingerprint density at radius 2 is 1.86 bits per heavy atom. The predicted molar refractivity (Wildman–Crippen MR) is 82.1 cm³/mol. The average Bonchev–Trinajstić information content (AvgIpc) is 2.45. The molecule has 116 valence electrons. The molecule has 0 fully saturated rings. The van der Waals surface area contributed by atoms with Crippen LogP contribution in [0.5, 0.6) is 5.75 Å². The third kappa shape index (κ3) is 6.27. The number of likely N-dealkylation sites (N-methyl/N-ethyl adjacent to an activating group) is 1. The maximum absolute atomic E-state index is 11.9. The van der Waals surface area contributed by atoms with Gasteiger partial charge in [-0.1, -0.05) is 13.8 Å².